The average Bonchev–Trinajstić information content (AvgIpc) is 2.62. The Morgan fingerprint density at radius 3 is 2.67 bits per heavy atom. The molecule has 1 rings (SSSR count). The largest absolute Gasteiger partial charge is 0.319 e. The summed E-state index contributed by atoms with van der Waals surface area (Å²) in [6.07, 6.45) is 3.45. The molecular formula is C12H22N2S. The predicted molar refractivity (Wildman–Crippen MR) is 67.8 cm³/mol. The molecule has 1 aromatic heterocycles. The molecule has 1 heterocycles. The van der Waals surface area contributed by atoms with E-state index in [1.807, 2.05) is 18.4 Å². The third-order valence-corrected chi connectivity index (χ3v) is 4.01. The van der Waals surface area contributed by atoms with Crippen molar-refractivity contribution in [2.45, 2.75) is 46.0 Å². The van der Waals surface area contributed by atoms with Crippen molar-refractivity contribution in [3.63, 3.8) is 0 Å². The van der Waals surface area contributed by atoms with Crippen molar-refractivity contribution in [2.75, 3.05) is 13.6 Å². The van der Waals surface area contributed by atoms with E-state index in [9.17, 15) is 0 Å². The van der Waals surface area contributed by atoms with Crippen LogP contribution in [-0.4, -0.2) is 18.6 Å². The highest BCUT2D eigenvalue weighted by Gasteiger charge is 2.13. The van der Waals surface area contributed by atoms with Gasteiger partial charge in [0.2, 0.25) is 0 Å². The van der Waals surface area contributed by atoms with Gasteiger partial charge in [-0.15, -0.1) is 11.3 Å². The van der Waals surface area contributed by atoms with E-state index in [0.717, 1.165) is 19.4 Å². The Kier molecular flexibility index (Phi) is 5.26. The molecule has 15 heavy (non-hydrogen) atoms. The quantitative estimate of drug-likeness (QED) is 0.806. The van der Waals surface area contributed by atoms with E-state index in [4.69, 9.17) is 4.98 Å². The summed E-state index contributed by atoms with van der Waals surface area (Å²) in [5.41, 5.74) is 1.34. The molecule has 0 saturated heterocycles. The van der Waals surface area contributed by atoms with Crippen molar-refractivity contribution < 1.29 is 0 Å². The number of rotatable bonds is 6. The molecule has 1 aromatic rings. The zero-order valence-electron chi connectivity index (χ0n) is 10.3. The number of likely N-dealkylation sites (N-methyl/N-ethyl adjacent to an activating group) is 1. The Morgan fingerprint density at radius 1 is 1.40 bits per heavy atom. The zero-order chi connectivity index (χ0) is 11.3. The molecule has 0 aromatic carbocycles. The summed E-state index contributed by atoms with van der Waals surface area (Å²) in [6.45, 7) is 7.70. The van der Waals surface area contributed by atoms with E-state index in [2.05, 4.69) is 26.1 Å². The molecule has 0 aliphatic carbocycles. The lowest BCUT2D eigenvalue weighted by atomic mass is 10.2. The molecule has 0 spiro atoms. The molecule has 0 saturated carbocycles. The van der Waals surface area contributed by atoms with Crippen molar-refractivity contribution in [1.82, 2.24) is 10.3 Å². The number of hydrogen-bond donors (Lipinski definition) is 1. The predicted octanol–water partition coefficient (Wildman–Crippen LogP) is 2.98. The van der Waals surface area contributed by atoms with E-state index in [0.29, 0.717) is 5.92 Å². The first-order valence-corrected chi connectivity index (χ1v) is 6.67. The third kappa shape index (κ3) is 3.28. The summed E-state index contributed by atoms with van der Waals surface area (Å²) in [5.74, 6) is 0.538. The van der Waals surface area contributed by atoms with Crippen LogP contribution in [0.1, 0.15) is 48.7 Å². The van der Waals surface area contributed by atoms with Crippen LogP contribution in [0, 0.1) is 0 Å². The van der Waals surface area contributed by atoms with Crippen molar-refractivity contribution in [1.29, 1.82) is 0 Å². The van der Waals surface area contributed by atoms with Gasteiger partial charge in [-0.2, -0.15) is 0 Å². The standard InChI is InChI=1S/C12H22N2S/c1-5-7-10-11(6-2)15-12(14-10)9(3)8-13-4/h9,13H,5-8H2,1-4H3. The lowest BCUT2D eigenvalue weighted by molar-refractivity contribution is 0.670. The van der Waals surface area contributed by atoms with Crippen LogP contribution in [-0.2, 0) is 12.8 Å². The molecule has 1 unspecified atom stereocenters. The number of nitrogens with one attached hydrogen (secondary N) is 1. The topological polar surface area (TPSA) is 24.9 Å². The van der Waals surface area contributed by atoms with Gasteiger partial charge in [0.05, 0.1) is 10.7 Å². The van der Waals surface area contributed by atoms with Gasteiger partial charge in [0, 0.05) is 17.3 Å². The van der Waals surface area contributed by atoms with Crippen molar-refractivity contribution in [3.05, 3.63) is 15.6 Å². The van der Waals surface area contributed by atoms with Crippen LogP contribution in [0.3, 0.4) is 0 Å². The van der Waals surface area contributed by atoms with Gasteiger partial charge in [-0.25, -0.2) is 4.98 Å². The minimum Gasteiger partial charge on any atom is -0.319 e. The summed E-state index contributed by atoms with van der Waals surface area (Å²) in [5, 5.41) is 4.51. The van der Waals surface area contributed by atoms with Crippen LogP contribution in [0.5, 0.6) is 0 Å². The van der Waals surface area contributed by atoms with E-state index in [-0.39, 0.29) is 0 Å². The minimum absolute atomic E-state index is 0.538. The Labute approximate surface area is 97.1 Å². The molecular weight excluding hydrogens is 204 g/mol. The first-order chi connectivity index (χ1) is 7.22. The average molecular weight is 226 g/mol. The summed E-state index contributed by atoms with van der Waals surface area (Å²) in [4.78, 5) is 6.25. The van der Waals surface area contributed by atoms with E-state index in [1.54, 1.807) is 0 Å². The SMILES string of the molecule is CCCc1nc(C(C)CNC)sc1CC. The van der Waals surface area contributed by atoms with Gasteiger partial charge >= 0.3 is 0 Å². The summed E-state index contributed by atoms with van der Waals surface area (Å²) in [6, 6.07) is 0. The highest BCUT2D eigenvalue weighted by Crippen LogP contribution is 2.26. The number of aromatic nitrogens is 1. The smallest absolute Gasteiger partial charge is 0.0971 e. The highest BCUT2D eigenvalue weighted by molar-refractivity contribution is 7.11. The molecule has 3 heteroatoms. The highest BCUT2D eigenvalue weighted by atomic mass is 32.1. The maximum atomic E-state index is 4.77. The van der Waals surface area contributed by atoms with Crippen molar-refractivity contribution >= 4 is 11.3 Å². The van der Waals surface area contributed by atoms with E-state index in [1.165, 1.54) is 22.0 Å². The Bertz CT molecular complexity index is 294. The van der Waals surface area contributed by atoms with Crippen LogP contribution in [0.25, 0.3) is 0 Å². The van der Waals surface area contributed by atoms with Crippen LogP contribution < -0.4 is 5.32 Å². The number of thiazole rings is 1. The van der Waals surface area contributed by atoms with Gasteiger partial charge < -0.3 is 5.32 Å². The first kappa shape index (κ1) is 12.7. The molecule has 0 aliphatic rings. The van der Waals surface area contributed by atoms with Crippen molar-refractivity contribution in [3.8, 4) is 0 Å². The molecule has 1 N–H and O–H groups in total. The molecule has 0 bridgehead atoms. The number of hydrogen-bond acceptors (Lipinski definition) is 3. The minimum atomic E-state index is 0.538. The summed E-state index contributed by atoms with van der Waals surface area (Å²) in [7, 11) is 2.00. The normalized spacial score (nSPS) is 13.1. The second kappa shape index (κ2) is 6.23. The van der Waals surface area contributed by atoms with Crippen LogP contribution in [0.2, 0.25) is 0 Å². The summed E-state index contributed by atoms with van der Waals surface area (Å²) < 4.78 is 0. The van der Waals surface area contributed by atoms with Gasteiger partial charge in [-0.3, -0.25) is 0 Å². The van der Waals surface area contributed by atoms with Gasteiger partial charge in [0.25, 0.3) is 0 Å². The molecule has 0 fully saturated rings. The van der Waals surface area contributed by atoms with Crippen LogP contribution in [0.4, 0.5) is 0 Å². The molecule has 2 nitrogen and oxygen atoms in total. The van der Waals surface area contributed by atoms with Crippen molar-refractivity contribution in [2.24, 2.45) is 0 Å². The lowest BCUT2D eigenvalue weighted by Gasteiger charge is -2.05. The van der Waals surface area contributed by atoms with Crippen LogP contribution in [0.15, 0.2) is 0 Å². The molecule has 0 radical (unpaired) electrons. The Balaban J connectivity index is 2.81. The fourth-order valence-corrected chi connectivity index (χ4v) is 2.82. The van der Waals surface area contributed by atoms with Gasteiger partial charge in [-0.05, 0) is 19.9 Å². The first-order valence-electron chi connectivity index (χ1n) is 5.85. The number of nitrogens with zero attached hydrogens (tertiary/aromatic N) is 1. The Hall–Kier alpha value is -0.410. The fourth-order valence-electron chi connectivity index (χ4n) is 1.72. The summed E-state index contributed by atoms with van der Waals surface area (Å²) >= 11 is 1.90. The monoisotopic (exact) mass is 226 g/mol. The molecule has 0 aliphatic heterocycles. The van der Waals surface area contributed by atoms with Gasteiger partial charge in [0.1, 0.15) is 0 Å². The fraction of sp³-hybridized carbons (Fsp3) is 0.750. The maximum absolute atomic E-state index is 4.77. The van der Waals surface area contributed by atoms with Gasteiger partial charge in [0.15, 0.2) is 0 Å². The van der Waals surface area contributed by atoms with E-state index >= 15 is 0 Å². The zero-order valence-corrected chi connectivity index (χ0v) is 11.1. The van der Waals surface area contributed by atoms with Gasteiger partial charge in [-0.1, -0.05) is 27.2 Å². The molecule has 1 atom stereocenters. The lowest BCUT2D eigenvalue weighted by Crippen LogP contribution is -2.14. The number of aryl methyl sites for hydroxylation is 2. The van der Waals surface area contributed by atoms with E-state index < -0.39 is 0 Å². The third-order valence-electron chi connectivity index (χ3n) is 2.53. The second-order valence-electron chi connectivity index (χ2n) is 3.98. The molecule has 0 amide bonds. The second-order valence-corrected chi connectivity index (χ2v) is 5.10. The van der Waals surface area contributed by atoms with Crippen LogP contribution >= 0.6 is 11.3 Å². The molecule has 86 valence electrons. The Morgan fingerprint density at radius 2 is 2.13 bits per heavy atom. The maximum Gasteiger partial charge on any atom is 0.0971 e.